The summed E-state index contributed by atoms with van der Waals surface area (Å²) < 4.78 is 0. The second-order valence-electron chi connectivity index (χ2n) is 10.9. The number of carbonyl (C=O) groups excluding carboxylic acids is 1. The molecule has 1 saturated carbocycles. The minimum Gasteiger partial charge on any atom is -0.373 e. The fraction of sp³-hybridized carbons (Fsp3) is 0.556. The number of rotatable bonds is 4. The van der Waals surface area contributed by atoms with Crippen molar-refractivity contribution in [2.75, 3.05) is 17.3 Å². The number of nitrogens with one attached hydrogen (secondary N) is 2. The molecule has 1 aliphatic heterocycles. The Kier molecular flexibility index (Phi) is 5.81. The van der Waals surface area contributed by atoms with Crippen LogP contribution in [-0.2, 0) is 17.6 Å². The van der Waals surface area contributed by atoms with E-state index in [0.717, 1.165) is 47.8 Å². The number of hydrogen-bond donors (Lipinski definition) is 3. The van der Waals surface area contributed by atoms with Crippen molar-refractivity contribution in [3.63, 3.8) is 0 Å². The van der Waals surface area contributed by atoms with Crippen LogP contribution in [0.25, 0.3) is 6.08 Å². The minimum atomic E-state index is -0.166. The summed E-state index contributed by atoms with van der Waals surface area (Å²) in [5.41, 5.74) is 12.8. The molecule has 6 nitrogen and oxygen atoms in total. The highest BCUT2D eigenvalue weighted by atomic mass is 16.2. The molecule has 1 amide bonds. The molecule has 3 aliphatic rings. The maximum Gasteiger partial charge on any atom is 0.226 e. The molecule has 4 N–H and O–H groups in total. The van der Waals surface area contributed by atoms with Gasteiger partial charge < -0.3 is 16.0 Å². The first-order chi connectivity index (χ1) is 15.8. The number of hydrogen-bond acceptors (Lipinski definition) is 4. The van der Waals surface area contributed by atoms with Gasteiger partial charge >= 0.3 is 0 Å². The van der Waals surface area contributed by atoms with Crippen LogP contribution in [0.1, 0.15) is 80.9 Å². The van der Waals surface area contributed by atoms with E-state index >= 15 is 0 Å². The number of benzene rings is 1. The van der Waals surface area contributed by atoms with E-state index in [-0.39, 0.29) is 17.5 Å². The first-order valence-electron chi connectivity index (χ1n) is 12.5. The molecule has 2 aromatic rings. The van der Waals surface area contributed by atoms with E-state index < -0.39 is 0 Å². The third-order valence-electron chi connectivity index (χ3n) is 7.98. The van der Waals surface area contributed by atoms with Crippen LogP contribution in [-0.4, -0.2) is 28.7 Å². The number of anilines is 2. The number of aromatic amines is 1. The van der Waals surface area contributed by atoms with Crippen LogP contribution < -0.4 is 16.0 Å². The van der Waals surface area contributed by atoms with Gasteiger partial charge in [-0.05, 0) is 67.7 Å². The van der Waals surface area contributed by atoms with Gasteiger partial charge in [-0.25, -0.2) is 0 Å². The average Bonchev–Trinajstić information content (AvgIpc) is 3.21. The number of H-pyrrole nitrogens is 1. The fourth-order valence-corrected chi connectivity index (χ4v) is 5.66. The summed E-state index contributed by atoms with van der Waals surface area (Å²) in [6, 6.07) is 6.25. The van der Waals surface area contributed by atoms with Gasteiger partial charge in [0.1, 0.15) is 0 Å². The Morgan fingerprint density at radius 2 is 2.06 bits per heavy atom. The number of fused-ring (bicyclic) bond motifs is 2. The van der Waals surface area contributed by atoms with E-state index in [9.17, 15) is 4.79 Å². The Bertz CT molecular complexity index is 1060. The molecule has 5 rings (SSSR count). The molecule has 33 heavy (non-hydrogen) atoms. The van der Waals surface area contributed by atoms with E-state index in [0.29, 0.717) is 12.3 Å². The SMILES string of the molecule is CC1CCC(CC(=O)N(C)c2ccc3c(c2)NC(c2n[nH]c4c2CCC(C)(N)C4)C=C3)CC1. The van der Waals surface area contributed by atoms with E-state index in [2.05, 4.69) is 53.6 Å². The van der Waals surface area contributed by atoms with Crippen LogP contribution >= 0.6 is 0 Å². The average molecular weight is 448 g/mol. The van der Waals surface area contributed by atoms with Crippen molar-refractivity contribution in [1.29, 1.82) is 0 Å². The molecule has 0 radical (unpaired) electrons. The Morgan fingerprint density at radius 3 is 2.85 bits per heavy atom. The quantitative estimate of drug-likeness (QED) is 0.617. The maximum atomic E-state index is 13.0. The molecule has 1 aromatic carbocycles. The second kappa shape index (κ2) is 8.64. The van der Waals surface area contributed by atoms with Gasteiger partial charge in [-0.2, -0.15) is 5.10 Å². The summed E-state index contributed by atoms with van der Waals surface area (Å²) in [6.45, 7) is 4.43. The van der Waals surface area contributed by atoms with E-state index in [4.69, 9.17) is 5.73 Å². The molecular weight excluding hydrogens is 410 g/mol. The number of amides is 1. The van der Waals surface area contributed by atoms with Crippen LogP contribution in [0.15, 0.2) is 24.3 Å². The van der Waals surface area contributed by atoms with Crippen molar-refractivity contribution in [3.05, 3.63) is 46.8 Å². The van der Waals surface area contributed by atoms with Gasteiger partial charge in [-0.15, -0.1) is 0 Å². The lowest BCUT2D eigenvalue weighted by Crippen LogP contribution is -2.41. The second-order valence-corrected chi connectivity index (χ2v) is 10.9. The highest BCUT2D eigenvalue weighted by molar-refractivity contribution is 5.94. The fourth-order valence-electron chi connectivity index (χ4n) is 5.66. The Morgan fingerprint density at radius 1 is 1.27 bits per heavy atom. The van der Waals surface area contributed by atoms with Gasteiger partial charge in [0.2, 0.25) is 5.91 Å². The lowest BCUT2D eigenvalue weighted by Gasteiger charge is -2.30. The van der Waals surface area contributed by atoms with Crippen LogP contribution in [0.3, 0.4) is 0 Å². The summed E-state index contributed by atoms with van der Waals surface area (Å²) in [7, 11) is 1.90. The molecule has 0 spiro atoms. The molecule has 2 aliphatic carbocycles. The van der Waals surface area contributed by atoms with Crippen molar-refractivity contribution >= 4 is 23.4 Å². The molecule has 0 bridgehead atoms. The zero-order valence-electron chi connectivity index (χ0n) is 20.2. The lowest BCUT2D eigenvalue weighted by molar-refractivity contribution is -0.119. The number of aromatic nitrogens is 2. The number of carbonyl (C=O) groups is 1. The molecular formula is C27H37N5O. The predicted molar refractivity (Wildman–Crippen MR) is 134 cm³/mol. The normalized spacial score (nSPS) is 28.5. The molecule has 0 saturated heterocycles. The zero-order chi connectivity index (χ0) is 23.2. The van der Waals surface area contributed by atoms with Gasteiger partial charge in [0.15, 0.2) is 0 Å². The number of nitrogens with two attached hydrogens (primary N) is 1. The van der Waals surface area contributed by atoms with E-state index in [1.165, 1.54) is 36.9 Å². The van der Waals surface area contributed by atoms with Crippen molar-refractivity contribution in [2.24, 2.45) is 17.6 Å². The topological polar surface area (TPSA) is 87.0 Å². The first kappa shape index (κ1) is 22.2. The van der Waals surface area contributed by atoms with Crippen molar-refractivity contribution < 1.29 is 4.79 Å². The van der Waals surface area contributed by atoms with Crippen molar-refractivity contribution in [1.82, 2.24) is 10.2 Å². The smallest absolute Gasteiger partial charge is 0.226 e. The summed E-state index contributed by atoms with van der Waals surface area (Å²) in [6.07, 6.45) is 12.6. The zero-order valence-corrected chi connectivity index (χ0v) is 20.2. The molecule has 6 heteroatoms. The number of nitrogens with zero attached hydrogens (tertiary/aromatic N) is 2. The molecule has 1 fully saturated rings. The Hall–Kier alpha value is -2.60. The monoisotopic (exact) mass is 447 g/mol. The van der Waals surface area contributed by atoms with Crippen LogP contribution in [0.2, 0.25) is 0 Å². The largest absolute Gasteiger partial charge is 0.373 e. The molecule has 2 unspecified atom stereocenters. The van der Waals surface area contributed by atoms with Crippen LogP contribution in [0.4, 0.5) is 11.4 Å². The third-order valence-corrected chi connectivity index (χ3v) is 7.98. The summed E-state index contributed by atoms with van der Waals surface area (Å²) >= 11 is 0. The summed E-state index contributed by atoms with van der Waals surface area (Å²) in [5.74, 6) is 1.55. The lowest BCUT2D eigenvalue weighted by atomic mass is 9.81. The molecule has 1 aromatic heterocycles. The van der Waals surface area contributed by atoms with Gasteiger partial charge in [0, 0.05) is 42.5 Å². The minimum absolute atomic E-state index is 0.0140. The maximum absolute atomic E-state index is 13.0. The highest BCUT2D eigenvalue weighted by Crippen LogP contribution is 2.37. The van der Waals surface area contributed by atoms with Gasteiger partial charge in [-0.1, -0.05) is 38.0 Å². The van der Waals surface area contributed by atoms with Gasteiger partial charge in [-0.3, -0.25) is 9.89 Å². The highest BCUT2D eigenvalue weighted by Gasteiger charge is 2.31. The van der Waals surface area contributed by atoms with Crippen molar-refractivity contribution in [2.45, 2.75) is 76.8 Å². The van der Waals surface area contributed by atoms with Crippen LogP contribution in [0, 0.1) is 11.8 Å². The molecule has 176 valence electrons. The summed E-state index contributed by atoms with van der Waals surface area (Å²) in [4.78, 5) is 14.8. The Balaban J connectivity index is 1.29. The predicted octanol–water partition coefficient (Wildman–Crippen LogP) is 4.98. The first-order valence-corrected chi connectivity index (χ1v) is 12.5. The molecule has 2 heterocycles. The molecule has 2 atom stereocenters. The Labute approximate surface area is 197 Å². The van der Waals surface area contributed by atoms with Crippen LogP contribution in [0.5, 0.6) is 0 Å². The van der Waals surface area contributed by atoms with Crippen molar-refractivity contribution in [3.8, 4) is 0 Å². The van der Waals surface area contributed by atoms with E-state index in [1.54, 1.807) is 0 Å². The third kappa shape index (κ3) is 4.58. The van der Waals surface area contributed by atoms with Gasteiger partial charge in [0.05, 0.1) is 11.7 Å². The summed E-state index contributed by atoms with van der Waals surface area (Å²) in [5, 5.41) is 11.5. The standard InChI is InChI=1S/C27H37N5O/c1-17-4-6-18(7-5-17)14-25(33)32(3)20-10-8-19-9-11-22(29-23(19)15-20)26-21-12-13-27(2,28)16-24(21)30-31-26/h8-11,15,17-18,22,29H,4-7,12-14,16,28H2,1-3H3,(H,30,31). The van der Waals surface area contributed by atoms with E-state index in [1.807, 2.05) is 18.0 Å². The van der Waals surface area contributed by atoms with Gasteiger partial charge in [0.25, 0.3) is 0 Å².